The summed E-state index contributed by atoms with van der Waals surface area (Å²) in [4.78, 5) is 13.7. The predicted octanol–water partition coefficient (Wildman–Crippen LogP) is 7.44. The number of hydrogen-bond donors (Lipinski definition) is 2. The first kappa shape index (κ1) is 29.4. The summed E-state index contributed by atoms with van der Waals surface area (Å²) in [5.74, 6) is -2.92. The van der Waals surface area contributed by atoms with E-state index in [1.165, 1.54) is 60.7 Å². The third kappa shape index (κ3) is 5.84. The van der Waals surface area contributed by atoms with E-state index in [2.05, 4.69) is 0 Å². The van der Waals surface area contributed by atoms with Crippen LogP contribution in [0.3, 0.4) is 0 Å². The van der Waals surface area contributed by atoms with Gasteiger partial charge in [-0.3, -0.25) is 4.79 Å². The lowest BCUT2D eigenvalue weighted by molar-refractivity contribution is 0.103. The quantitative estimate of drug-likeness (QED) is 0.212. The fraction of sp³-hybridized carbons (Fsp3) is 0.156. The largest absolute Gasteiger partial charge is 0.304 e. The van der Waals surface area contributed by atoms with Crippen LogP contribution in [-0.2, 0) is 9.63 Å². The summed E-state index contributed by atoms with van der Waals surface area (Å²) < 4.78 is 63.8. The number of nitrogens with zero attached hydrogens (tertiary/aromatic N) is 2. The summed E-state index contributed by atoms with van der Waals surface area (Å²) in [5, 5.41) is 19.2. The Labute approximate surface area is 236 Å². The zero-order valence-corrected chi connectivity index (χ0v) is 23.1. The molecule has 1 unspecified atom stereocenters. The number of nitriles is 2. The molecule has 2 N–H and O–H groups in total. The minimum absolute atomic E-state index is 0.0312. The van der Waals surface area contributed by atoms with E-state index in [1.54, 1.807) is 6.92 Å². The van der Waals surface area contributed by atoms with Gasteiger partial charge in [-0.2, -0.15) is 10.5 Å². The molecule has 208 valence electrons. The van der Waals surface area contributed by atoms with Crippen molar-refractivity contribution in [2.75, 3.05) is 5.75 Å². The van der Waals surface area contributed by atoms with Crippen molar-refractivity contribution < 1.29 is 26.9 Å². The molecule has 0 heterocycles. The molecule has 4 rings (SSSR count). The zero-order valence-electron chi connectivity index (χ0n) is 22.3. The third-order valence-corrected chi connectivity index (χ3v) is 9.34. The summed E-state index contributed by atoms with van der Waals surface area (Å²) in [7, 11) is -5.30. The molecule has 0 saturated carbocycles. The molecule has 6 nitrogen and oxygen atoms in total. The van der Waals surface area contributed by atoms with Crippen LogP contribution in [0.4, 0.5) is 8.78 Å². The van der Waals surface area contributed by atoms with E-state index in [4.69, 9.17) is 0 Å². The average Bonchev–Trinajstić information content (AvgIpc) is 2.95. The molecule has 0 spiro atoms. The van der Waals surface area contributed by atoms with Gasteiger partial charge in [-0.05, 0) is 47.4 Å². The van der Waals surface area contributed by atoms with E-state index in [1.807, 2.05) is 19.1 Å². The van der Waals surface area contributed by atoms with E-state index >= 15 is 0 Å². The first-order valence-electron chi connectivity index (χ1n) is 12.7. The predicted molar refractivity (Wildman–Crippen MR) is 153 cm³/mol. The molecule has 1 atom stereocenters. The van der Waals surface area contributed by atoms with Crippen LogP contribution in [0.25, 0.3) is 22.3 Å². The number of hydrogen-bond acceptors (Lipinski definition) is 4. The SMILES string of the molecule is CCC(C)CS(=O)(O)(O)c1cccc(C(=O)c2cc(-c3cccc(F)c3C#N)ccc2-c2cccc(F)c2C#N)c1. The molecule has 0 aliphatic heterocycles. The maximum Gasteiger partial charge on any atom is 0.193 e. The normalized spacial score (nSPS) is 12.9. The second-order valence-corrected chi connectivity index (χ2v) is 12.7. The van der Waals surface area contributed by atoms with Crippen LogP contribution in [0.1, 0.15) is 47.3 Å². The maximum absolute atomic E-state index is 14.6. The van der Waals surface area contributed by atoms with Crippen molar-refractivity contribution in [2.24, 2.45) is 5.92 Å². The van der Waals surface area contributed by atoms with Gasteiger partial charge in [0.15, 0.2) is 5.78 Å². The Morgan fingerprint density at radius 1 is 0.854 bits per heavy atom. The third-order valence-electron chi connectivity index (χ3n) is 6.97. The molecule has 0 bridgehead atoms. The number of carbonyl (C=O) groups excluding carboxylic acids is 1. The van der Waals surface area contributed by atoms with Gasteiger partial charge in [0.05, 0.1) is 21.8 Å². The fourth-order valence-electron chi connectivity index (χ4n) is 4.65. The summed E-state index contributed by atoms with van der Waals surface area (Å²) in [6, 6.07) is 21.3. The average molecular weight is 573 g/mol. The fourth-order valence-corrected chi connectivity index (χ4v) is 6.82. The molecule has 9 heteroatoms. The topological polar surface area (TPSA) is 122 Å². The Morgan fingerprint density at radius 3 is 2.05 bits per heavy atom. The van der Waals surface area contributed by atoms with Crippen LogP contribution in [0, 0.1) is 40.2 Å². The Bertz CT molecular complexity index is 1830. The van der Waals surface area contributed by atoms with Crippen molar-refractivity contribution in [3.05, 3.63) is 113 Å². The van der Waals surface area contributed by atoms with Gasteiger partial charge < -0.3 is 9.11 Å². The lowest BCUT2D eigenvalue weighted by Crippen LogP contribution is -2.38. The second-order valence-electron chi connectivity index (χ2n) is 9.86. The van der Waals surface area contributed by atoms with E-state index in [-0.39, 0.29) is 49.8 Å². The highest BCUT2D eigenvalue weighted by Crippen LogP contribution is 2.36. The molecule has 0 fully saturated rings. The number of ketones is 1. The molecular weight excluding hydrogens is 546 g/mol. The molecule has 0 radical (unpaired) electrons. The molecule has 4 aromatic carbocycles. The van der Waals surface area contributed by atoms with Crippen LogP contribution in [0.15, 0.2) is 83.8 Å². The Kier molecular flexibility index (Phi) is 8.01. The first-order valence-corrected chi connectivity index (χ1v) is 14.8. The lowest BCUT2D eigenvalue weighted by Gasteiger charge is -2.33. The van der Waals surface area contributed by atoms with Gasteiger partial charge in [-0.15, -0.1) is 0 Å². The first-order chi connectivity index (χ1) is 19.4. The monoisotopic (exact) mass is 572 g/mol. The van der Waals surface area contributed by atoms with Crippen LogP contribution < -0.4 is 0 Å². The van der Waals surface area contributed by atoms with Crippen molar-refractivity contribution in [3.63, 3.8) is 0 Å². The molecule has 41 heavy (non-hydrogen) atoms. The molecule has 4 aromatic rings. The standard InChI is InChI=1S/C32H26F2N2O4S/c1-3-20(2)19-41(38,39,40)23-8-4-7-22(15-23)32(37)27-16-21(24-9-5-11-30(33)28(24)17-35)13-14-26(27)25-10-6-12-31(34)29(25)18-36/h4-16,20H,3,19H2,1-2H3,(H2,38,39,40). The van der Waals surface area contributed by atoms with Gasteiger partial charge >= 0.3 is 0 Å². The Balaban J connectivity index is 1.96. The summed E-state index contributed by atoms with van der Waals surface area (Å²) >= 11 is 0. The molecule has 0 aliphatic carbocycles. The van der Waals surface area contributed by atoms with Gasteiger partial charge in [-0.1, -0.05) is 68.8 Å². The minimum atomic E-state index is -5.30. The van der Waals surface area contributed by atoms with Gasteiger partial charge in [0.1, 0.15) is 33.4 Å². The number of benzene rings is 4. The Hall–Kier alpha value is -4.54. The second kappa shape index (κ2) is 11.1. The van der Waals surface area contributed by atoms with Gasteiger partial charge in [-0.25, -0.2) is 13.0 Å². The van der Waals surface area contributed by atoms with Crippen molar-refractivity contribution in [1.82, 2.24) is 0 Å². The molecule has 0 aliphatic rings. The molecule has 0 amide bonds. The lowest BCUT2D eigenvalue weighted by atomic mass is 9.88. The molecular formula is C32H26F2N2O4S. The van der Waals surface area contributed by atoms with Crippen LogP contribution in [0.5, 0.6) is 0 Å². The Morgan fingerprint density at radius 2 is 1.44 bits per heavy atom. The van der Waals surface area contributed by atoms with Gasteiger partial charge in [0, 0.05) is 22.3 Å². The van der Waals surface area contributed by atoms with E-state index in [0.29, 0.717) is 12.0 Å². The summed E-state index contributed by atoms with van der Waals surface area (Å²) in [5.41, 5.74) is 0.206. The number of halogens is 2. The van der Waals surface area contributed by atoms with Crippen molar-refractivity contribution in [2.45, 2.75) is 25.2 Å². The van der Waals surface area contributed by atoms with Crippen LogP contribution in [-0.4, -0.2) is 24.9 Å². The van der Waals surface area contributed by atoms with E-state index < -0.39 is 32.8 Å². The minimum Gasteiger partial charge on any atom is -0.304 e. The van der Waals surface area contributed by atoms with Gasteiger partial charge in [0.25, 0.3) is 0 Å². The number of carbonyl (C=O) groups is 1. The molecule has 0 saturated heterocycles. The number of rotatable bonds is 8. The highest BCUT2D eigenvalue weighted by atomic mass is 32.3. The van der Waals surface area contributed by atoms with E-state index in [0.717, 1.165) is 18.2 Å². The summed E-state index contributed by atoms with van der Waals surface area (Å²) in [6.45, 7) is 3.54. The van der Waals surface area contributed by atoms with Crippen LogP contribution >= 0.6 is 0 Å². The summed E-state index contributed by atoms with van der Waals surface area (Å²) in [6.07, 6.45) is 0.546. The van der Waals surface area contributed by atoms with Gasteiger partial charge in [0.2, 0.25) is 0 Å². The van der Waals surface area contributed by atoms with Crippen molar-refractivity contribution in [1.29, 1.82) is 10.5 Å². The highest BCUT2D eigenvalue weighted by molar-refractivity contribution is 8.10. The zero-order chi connectivity index (χ0) is 30.0. The van der Waals surface area contributed by atoms with Crippen LogP contribution in [0.2, 0.25) is 0 Å². The van der Waals surface area contributed by atoms with E-state index in [9.17, 15) is 37.4 Å². The van der Waals surface area contributed by atoms with Crippen molar-refractivity contribution >= 4 is 15.4 Å². The smallest absolute Gasteiger partial charge is 0.193 e. The highest BCUT2D eigenvalue weighted by Gasteiger charge is 2.35. The molecule has 0 aromatic heterocycles. The van der Waals surface area contributed by atoms with Crippen molar-refractivity contribution in [3.8, 4) is 34.4 Å². The maximum atomic E-state index is 14.6.